The van der Waals surface area contributed by atoms with E-state index in [2.05, 4.69) is 5.32 Å². The number of rotatable bonds is 3. The number of ether oxygens (including phenoxy) is 1. The maximum Gasteiger partial charge on any atom is 0.276 e. The summed E-state index contributed by atoms with van der Waals surface area (Å²) in [6.45, 7) is 1.65. The summed E-state index contributed by atoms with van der Waals surface area (Å²) in [5.41, 5.74) is -1.51. The molecular formula is C22H21F2N3O5. The minimum atomic E-state index is -0.991. The molecule has 2 bridgehead atoms. The number of hydrogen-bond acceptors (Lipinski definition) is 5. The van der Waals surface area contributed by atoms with Gasteiger partial charge in [0, 0.05) is 23.9 Å². The zero-order valence-corrected chi connectivity index (χ0v) is 17.2. The van der Waals surface area contributed by atoms with E-state index < -0.39 is 46.9 Å². The quantitative estimate of drug-likeness (QED) is 0.753. The van der Waals surface area contributed by atoms with E-state index in [9.17, 15) is 28.3 Å². The molecule has 1 unspecified atom stereocenters. The van der Waals surface area contributed by atoms with Crippen molar-refractivity contribution < 1.29 is 28.2 Å². The molecule has 2 aliphatic heterocycles. The Bertz CT molecular complexity index is 1200. The molecule has 0 radical (unpaired) electrons. The molecule has 1 aliphatic carbocycles. The summed E-state index contributed by atoms with van der Waals surface area (Å²) in [5.74, 6) is -3.75. The molecule has 8 nitrogen and oxygen atoms in total. The van der Waals surface area contributed by atoms with Crippen molar-refractivity contribution in [3.63, 3.8) is 0 Å². The van der Waals surface area contributed by atoms with Crippen molar-refractivity contribution in [2.45, 2.75) is 57.1 Å². The van der Waals surface area contributed by atoms with Crippen LogP contribution in [0.1, 0.15) is 58.6 Å². The van der Waals surface area contributed by atoms with Crippen LogP contribution in [0.4, 0.5) is 8.78 Å². The number of carbonyl (C=O) groups is 2. The van der Waals surface area contributed by atoms with Gasteiger partial charge in [0.25, 0.3) is 11.8 Å². The molecule has 2 aromatic rings. The fourth-order valence-electron chi connectivity index (χ4n) is 4.92. The Morgan fingerprint density at radius 2 is 2.06 bits per heavy atom. The topological polar surface area (TPSA) is 101 Å². The zero-order valence-electron chi connectivity index (χ0n) is 17.2. The van der Waals surface area contributed by atoms with Gasteiger partial charge in [-0.3, -0.25) is 14.4 Å². The maximum absolute atomic E-state index is 14.0. The van der Waals surface area contributed by atoms with E-state index in [1.54, 1.807) is 4.90 Å². The van der Waals surface area contributed by atoms with Gasteiger partial charge in [0.15, 0.2) is 17.7 Å². The van der Waals surface area contributed by atoms with Gasteiger partial charge < -0.3 is 24.6 Å². The van der Waals surface area contributed by atoms with Crippen molar-refractivity contribution in [3.05, 3.63) is 63.1 Å². The molecule has 3 aliphatic rings. The Hall–Kier alpha value is -3.27. The first-order valence-corrected chi connectivity index (χ1v) is 10.4. The van der Waals surface area contributed by atoms with Gasteiger partial charge in [-0.05, 0) is 32.3 Å². The van der Waals surface area contributed by atoms with Gasteiger partial charge in [0.2, 0.25) is 5.43 Å². The molecule has 32 heavy (non-hydrogen) atoms. The molecule has 2 amide bonds. The fourth-order valence-corrected chi connectivity index (χ4v) is 4.92. The minimum absolute atomic E-state index is 0.00364. The lowest BCUT2D eigenvalue weighted by Crippen LogP contribution is -2.57. The zero-order chi connectivity index (χ0) is 22.7. The molecular weight excluding hydrogens is 424 g/mol. The SMILES string of the molecule is C[C@H](NC(=O)c1cn2c(c(O)c1=O)C(=O)N1C3CC[C@H](C3)O[C@@H]1C2)c1ccc(F)cc1F. The Balaban J connectivity index is 1.46. The van der Waals surface area contributed by atoms with Crippen LogP contribution in [0, 0.1) is 11.6 Å². The molecule has 5 rings (SSSR count). The number of carbonyl (C=O) groups excluding carboxylic acids is 2. The second-order valence-electron chi connectivity index (χ2n) is 8.47. The van der Waals surface area contributed by atoms with Crippen LogP contribution >= 0.6 is 0 Å². The largest absolute Gasteiger partial charge is 0.503 e. The highest BCUT2D eigenvalue weighted by Crippen LogP contribution is 2.38. The van der Waals surface area contributed by atoms with Crippen molar-refractivity contribution in [1.29, 1.82) is 0 Å². The van der Waals surface area contributed by atoms with Gasteiger partial charge in [-0.1, -0.05) is 6.07 Å². The van der Waals surface area contributed by atoms with Crippen LogP contribution in [0.2, 0.25) is 0 Å². The fraction of sp³-hybridized carbons (Fsp3) is 0.409. The normalized spacial score (nSPS) is 24.7. The number of hydrogen-bond donors (Lipinski definition) is 2. The first kappa shape index (κ1) is 20.6. The first-order chi connectivity index (χ1) is 15.2. The molecule has 1 aromatic carbocycles. The Morgan fingerprint density at radius 1 is 1.28 bits per heavy atom. The average molecular weight is 445 g/mol. The lowest BCUT2D eigenvalue weighted by molar-refractivity contribution is -0.132. The van der Waals surface area contributed by atoms with Gasteiger partial charge in [-0.25, -0.2) is 8.78 Å². The molecule has 1 aromatic heterocycles. The molecule has 10 heteroatoms. The highest BCUT2D eigenvalue weighted by atomic mass is 19.1. The summed E-state index contributed by atoms with van der Waals surface area (Å²) in [7, 11) is 0. The minimum Gasteiger partial charge on any atom is -0.503 e. The molecule has 4 atom stereocenters. The summed E-state index contributed by atoms with van der Waals surface area (Å²) in [6, 6.07) is 2.10. The van der Waals surface area contributed by atoms with Crippen molar-refractivity contribution in [1.82, 2.24) is 14.8 Å². The number of nitrogens with one attached hydrogen (secondary N) is 1. The van der Waals surface area contributed by atoms with E-state index in [0.29, 0.717) is 6.07 Å². The molecule has 2 N–H and O–H groups in total. The van der Waals surface area contributed by atoms with Gasteiger partial charge in [-0.2, -0.15) is 0 Å². The number of amides is 2. The lowest BCUT2D eigenvalue weighted by atomic mass is 10.1. The maximum atomic E-state index is 14.0. The monoisotopic (exact) mass is 445 g/mol. The summed E-state index contributed by atoms with van der Waals surface area (Å²) in [5, 5.41) is 13.0. The summed E-state index contributed by atoms with van der Waals surface area (Å²) in [4.78, 5) is 40.2. The second kappa shape index (κ2) is 7.40. The number of halogens is 2. The van der Waals surface area contributed by atoms with E-state index in [1.165, 1.54) is 23.8 Å². The van der Waals surface area contributed by atoms with Crippen LogP contribution in [0.3, 0.4) is 0 Å². The number of nitrogens with zero attached hydrogens (tertiary/aromatic N) is 2. The van der Waals surface area contributed by atoms with Crippen LogP contribution < -0.4 is 10.7 Å². The number of fused-ring (bicyclic) bond motifs is 5. The van der Waals surface area contributed by atoms with Crippen LogP contribution in [0.5, 0.6) is 5.75 Å². The first-order valence-electron chi connectivity index (χ1n) is 10.4. The van der Waals surface area contributed by atoms with Gasteiger partial charge >= 0.3 is 0 Å². The van der Waals surface area contributed by atoms with Gasteiger partial charge in [0.05, 0.1) is 18.7 Å². The van der Waals surface area contributed by atoms with Crippen molar-refractivity contribution in [3.8, 4) is 5.75 Å². The molecule has 3 heterocycles. The Morgan fingerprint density at radius 3 is 2.81 bits per heavy atom. The average Bonchev–Trinajstić information content (AvgIpc) is 3.11. The van der Waals surface area contributed by atoms with Gasteiger partial charge in [0.1, 0.15) is 17.2 Å². The number of pyridine rings is 1. The molecule has 1 saturated carbocycles. The number of benzene rings is 1. The summed E-state index contributed by atoms with van der Waals surface area (Å²) < 4.78 is 34.5. The molecule has 2 fully saturated rings. The highest BCUT2D eigenvalue weighted by Gasteiger charge is 2.47. The summed E-state index contributed by atoms with van der Waals surface area (Å²) in [6.07, 6.45) is 3.12. The third-order valence-electron chi connectivity index (χ3n) is 6.48. The highest BCUT2D eigenvalue weighted by molar-refractivity contribution is 5.99. The smallest absolute Gasteiger partial charge is 0.276 e. The number of aromatic nitrogens is 1. The lowest BCUT2D eigenvalue weighted by Gasteiger charge is -2.44. The standard InChI is InChI=1S/C22H21F2N3O5/c1-10(14-5-2-11(23)6-16(14)24)25-21(30)15-8-26-9-17-27(12-3-4-13(7-12)32-17)22(31)18(26)20(29)19(15)28/h2,5-6,8,10,12-13,17,29H,3-4,7,9H2,1H3,(H,25,30)/t10-,12?,13+,17+/m0/s1. The second-order valence-corrected chi connectivity index (χ2v) is 8.47. The van der Waals surface area contributed by atoms with Crippen LogP contribution in [-0.2, 0) is 11.3 Å². The molecule has 168 valence electrons. The summed E-state index contributed by atoms with van der Waals surface area (Å²) >= 11 is 0. The predicted molar refractivity (Wildman–Crippen MR) is 107 cm³/mol. The Labute approximate surface area is 181 Å². The number of aromatic hydroxyl groups is 1. The molecule has 1 saturated heterocycles. The Kier molecular flexibility index (Phi) is 4.77. The molecule has 0 spiro atoms. The van der Waals surface area contributed by atoms with Crippen molar-refractivity contribution in [2.75, 3.05) is 0 Å². The van der Waals surface area contributed by atoms with Gasteiger partial charge in [-0.15, -0.1) is 0 Å². The third kappa shape index (κ3) is 3.17. The van der Waals surface area contributed by atoms with E-state index in [4.69, 9.17) is 4.74 Å². The third-order valence-corrected chi connectivity index (χ3v) is 6.48. The van der Waals surface area contributed by atoms with E-state index in [1.807, 2.05) is 0 Å². The predicted octanol–water partition coefficient (Wildman–Crippen LogP) is 2.06. The van der Waals surface area contributed by atoms with Crippen LogP contribution in [0.15, 0.2) is 29.2 Å². The van der Waals surface area contributed by atoms with E-state index >= 15 is 0 Å². The van der Waals surface area contributed by atoms with Crippen molar-refractivity contribution >= 4 is 11.8 Å². The van der Waals surface area contributed by atoms with Crippen molar-refractivity contribution in [2.24, 2.45) is 0 Å². The van der Waals surface area contributed by atoms with E-state index in [0.717, 1.165) is 25.3 Å². The van der Waals surface area contributed by atoms with Crippen LogP contribution in [0.25, 0.3) is 0 Å². The van der Waals surface area contributed by atoms with Crippen LogP contribution in [-0.4, -0.2) is 44.8 Å². The van der Waals surface area contributed by atoms with E-state index in [-0.39, 0.29) is 35.5 Å².